The van der Waals surface area contributed by atoms with E-state index in [9.17, 15) is 10.2 Å². The van der Waals surface area contributed by atoms with Crippen molar-refractivity contribution in [1.82, 2.24) is 4.98 Å². The highest BCUT2D eigenvalue weighted by molar-refractivity contribution is 6.31. The lowest BCUT2D eigenvalue weighted by Crippen LogP contribution is -2.20. The Morgan fingerprint density at radius 1 is 0.939 bits per heavy atom. The summed E-state index contributed by atoms with van der Waals surface area (Å²) >= 11 is 6.11. The number of aliphatic hydroxyl groups excluding tert-OH is 1. The Balaban J connectivity index is 1.67. The highest BCUT2D eigenvalue weighted by atomic mass is 35.5. The molecule has 1 heterocycles. The number of halogens is 1. The van der Waals surface area contributed by atoms with Gasteiger partial charge in [-0.15, -0.1) is 0 Å². The number of hydrogen-bond donors (Lipinski definition) is 2. The van der Waals surface area contributed by atoms with Gasteiger partial charge in [0.2, 0.25) is 0 Å². The molecule has 0 aliphatic carbocycles. The van der Waals surface area contributed by atoms with E-state index in [-0.39, 0.29) is 12.5 Å². The lowest BCUT2D eigenvalue weighted by atomic mass is 9.81. The van der Waals surface area contributed by atoms with Gasteiger partial charge in [-0.2, -0.15) is 0 Å². The first-order valence-electron chi connectivity index (χ1n) is 11.1. The SMILES string of the molecule is CC(C)(O)c1ccccc1[C@@H](CCO)c1cccc(C=Cc2ccc3ccc(Cl)cc3n2)c1. The van der Waals surface area contributed by atoms with E-state index in [1.807, 2.05) is 72.8 Å². The van der Waals surface area contributed by atoms with E-state index >= 15 is 0 Å². The van der Waals surface area contributed by atoms with Crippen molar-refractivity contribution in [3.63, 3.8) is 0 Å². The molecule has 0 fully saturated rings. The number of aromatic nitrogens is 1. The van der Waals surface area contributed by atoms with Crippen LogP contribution in [0.4, 0.5) is 0 Å². The molecule has 0 radical (unpaired) electrons. The topological polar surface area (TPSA) is 53.4 Å². The second-order valence-electron chi connectivity index (χ2n) is 8.79. The number of benzene rings is 3. The molecule has 1 aromatic heterocycles. The van der Waals surface area contributed by atoms with Crippen LogP contribution in [-0.4, -0.2) is 21.8 Å². The average molecular weight is 458 g/mol. The molecule has 1 atom stereocenters. The zero-order chi connectivity index (χ0) is 23.4. The molecular formula is C29H28ClNO2. The molecule has 33 heavy (non-hydrogen) atoms. The summed E-state index contributed by atoms with van der Waals surface area (Å²) in [6.07, 6.45) is 4.61. The summed E-state index contributed by atoms with van der Waals surface area (Å²) in [4.78, 5) is 4.69. The fourth-order valence-electron chi connectivity index (χ4n) is 4.25. The fourth-order valence-corrected chi connectivity index (χ4v) is 4.42. The number of hydrogen-bond acceptors (Lipinski definition) is 3. The number of nitrogens with zero attached hydrogens (tertiary/aromatic N) is 1. The van der Waals surface area contributed by atoms with E-state index in [1.165, 1.54) is 0 Å². The van der Waals surface area contributed by atoms with Gasteiger partial charge in [0.1, 0.15) is 0 Å². The molecule has 0 saturated carbocycles. The lowest BCUT2D eigenvalue weighted by molar-refractivity contribution is 0.0772. The maximum absolute atomic E-state index is 10.7. The summed E-state index contributed by atoms with van der Waals surface area (Å²) in [6.45, 7) is 3.66. The second-order valence-corrected chi connectivity index (χ2v) is 9.22. The van der Waals surface area contributed by atoms with Gasteiger partial charge in [0.15, 0.2) is 0 Å². The smallest absolute Gasteiger partial charge is 0.0843 e. The van der Waals surface area contributed by atoms with Crippen LogP contribution in [-0.2, 0) is 5.60 Å². The lowest BCUT2D eigenvalue weighted by Gasteiger charge is -2.27. The Morgan fingerprint density at radius 2 is 1.73 bits per heavy atom. The van der Waals surface area contributed by atoms with Gasteiger partial charge in [0.05, 0.1) is 16.8 Å². The van der Waals surface area contributed by atoms with Crippen LogP contribution < -0.4 is 0 Å². The minimum atomic E-state index is -0.966. The largest absolute Gasteiger partial charge is 0.396 e. The molecule has 4 rings (SSSR count). The van der Waals surface area contributed by atoms with E-state index in [0.29, 0.717) is 11.4 Å². The molecular weight excluding hydrogens is 430 g/mol. The van der Waals surface area contributed by atoms with Gasteiger partial charge in [-0.3, -0.25) is 0 Å². The molecule has 168 valence electrons. The van der Waals surface area contributed by atoms with E-state index in [0.717, 1.165) is 38.9 Å². The third-order valence-electron chi connectivity index (χ3n) is 5.85. The molecule has 3 aromatic carbocycles. The first kappa shape index (κ1) is 23.2. The van der Waals surface area contributed by atoms with Gasteiger partial charge in [0.25, 0.3) is 0 Å². The molecule has 4 heteroatoms. The fraction of sp³-hybridized carbons (Fsp3) is 0.207. The van der Waals surface area contributed by atoms with Gasteiger partial charge >= 0.3 is 0 Å². The van der Waals surface area contributed by atoms with E-state index in [2.05, 4.69) is 18.2 Å². The number of fused-ring (bicyclic) bond motifs is 1. The minimum absolute atomic E-state index is 0.0214. The van der Waals surface area contributed by atoms with Gasteiger partial charge in [-0.1, -0.05) is 78.3 Å². The molecule has 4 aromatic rings. The van der Waals surface area contributed by atoms with Crippen molar-refractivity contribution in [3.05, 3.63) is 112 Å². The van der Waals surface area contributed by atoms with Gasteiger partial charge < -0.3 is 10.2 Å². The molecule has 0 bridgehead atoms. The van der Waals surface area contributed by atoms with Crippen molar-refractivity contribution in [2.45, 2.75) is 31.8 Å². The van der Waals surface area contributed by atoms with Crippen LogP contribution in [0, 0.1) is 0 Å². The van der Waals surface area contributed by atoms with Crippen molar-refractivity contribution in [3.8, 4) is 0 Å². The molecule has 0 aliphatic rings. The maximum atomic E-state index is 10.7. The average Bonchev–Trinajstić information content (AvgIpc) is 2.80. The highest BCUT2D eigenvalue weighted by Crippen LogP contribution is 2.35. The second kappa shape index (κ2) is 9.88. The number of pyridine rings is 1. The van der Waals surface area contributed by atoms with Crippen LogP contribution in [0.2, 0.25) is 5.02 Å². The zero-order valence-corrected chi connectivity index (χ0v) is 19.6. The molecule has 2 N–H and O–H groups in total. The van der Waals surface area contributed by atoms with Gasteiger partial charge in [-0.05, 0) is 66.8 Å². The van der Waals surface area contributed by atoms with Crippen molar-refractivity contribution in [1.29, 1.82) is 0 Å². The summed E-state index contributed by atoms with van der Waals surface area (Å²) in [5.74, 6) is -0.0214. The van der Waals surface area contributed by atoms with Crippen molar-refractivity contribution in [2.75, 3.05) is 6.61 Å². The predicted molar refractivity (Wildman–Crippen MR) is 137 cm³/mol. The Labute approximate surface area is 200 Å². The van der Waals surface area contributed by atoms with Gasteiger partial charge in [0, 0.05) is 22.9 Å². The van der Waals surface area contributed by atoms with Crippen LogP contribution >= 0.6 is 11.6 Å². The molecule has 0 saturated heterocycles. The Kier molecular flexibility index (Phi) is 6.94. The predicted octanol–water partition coefficient (Wildman–Crippen LogP) is 6.80. The Morgan fingerprint density at radius 3 is 2.52 bits per heavy atom. The Bertz CT molecular complexity index is 1290. The van der Waals surface area contributed by atoms with Crippen LogP contribution in [0.3, 0.4) is 0 Å². The summed E-state index contributed by atoms with van der Waals surface area (Å²) in [5, 5.41) is 22.2. The summed E-state index contributed by atoms with van der Waals surface area (Å²) in [7, 11) is 0. The van der Waals surface area contributed by atoms with Gasteiger partial charge in [-0.25, -0.2) is 4.98 Å². The Hall–Kier alpha value is -2.98. The van der Waals surface area contributed by atoms with Crippen molar-refractivity contribution >= 4 is 34.7 Å². The van der Waals surface area contributed by atoms with E-state index in [4.69, 9.17) is 16.6 Å². The monoisotopic (exact) mass is 457 g/mol. The molecule has 0 aliphatic heterocycles. The zero-order valence-electron chi connectivity index (χ0n) is 18.9. The van der Waals surface area contributed by atoms with Crippen LogP contribution in [0.5, 0.6) is 0 Å². The van der Waals surface area contributed by atoms with Crippen LogP contribution in [0.1, 0.15) is 54.1 Å². The highest BCUT2D eigenvalue weighted by Gasteiger charge is 2.25. The van der Waals surface area contributed by atoms with Crippen LogP contribution in [0.15, 0.2) is 78.9 Å². The van der Waals surface area contributed by atoms with E-state index < -0.39 is 5.60 Å². The number of aliphatic hydroxyl groups is 2. The third kappa shape index (κ3) is 5.51. The quantitative estimate of drug-likeness (QED) is 0.321. The number of rotatable bonds is 7. The molecule has 0 spiro atoms. The maximum Gasteiger partial charge on any atom is 0.0843 e. The van der Waals surface area contributed by atoms with E-state index in [1.54, 1.807) is 13.8 Å². The van der Waals surface area contributed by atoms with Crippen molar-refractivity contribution in [2.24, 2.45) is 0 Å². The normalized spacial score (nSPS) is 13.0. The van der Waals surface area contributed by atoms with Crippen molar-refractivity contribution < 1.29 is 10.2 Å². The first-order valence-corrected chi connectivity index (χ1v) is 11.5. The standard InChI is InChI=1S/C29H28ClNO2/c1-29(2,33)27-9-4-3-8-26(27)25(16-17-32)22-7-5-6-20(18-22)10-14-24-15-12-21-11-13-23(30)19-28(21)31-24/h3-15,18-19,25,32-33H,16-17H2,1-2H3/t25-/m0/s1. The minimum Gasteiger partial charge on any atom is -0.396 e. The summed E-state index contributed by atoms with van der Waals surface area (Å²) in [6, 6.07) is 26.0. The molecule has 0 amide bonds. The molecule has 3 nitrogen and oxygen atoms in total. The summed E-state index contributed by atoms with van der Waals surface area (Å²) in [5.41, 5.74) is 4.81. The van der Waals surface area contributed by atoms with Crippen LogP contribution in [0.25, 0.3) is 23.1 Å². The third-order valence-corrected chi connectivity index (χ3v) is 6.08. The molecule has 0 unspecified atom stereocenters. The first-order chi connectivity index (χ1) is 15.8. The summed E-state index contributed by atoms with van der Waals surface area (Å²) < 4.78 is 0.